The predicted molar refractivity (Wildman–Crippen MR) is 104 cm³/mol. The number of nitrogens with one attached hydrogen (secondary N) is 1. The van der Waals surface area contributed by atoms with Crippen LogP contribution in [0, 0.1) is 0 Å². The Labute approximate surface area is 166 Å². The number of methoxy groups -OCH3 is 1. The Morgan fingerprint density at radius 3 is 2.78 bits per heavy atom. The minimum absolute atomic E-state index is 0.284. The predicted octanol–water partition coefficient (Wildman–Crippen LogP) is 3.82. The van der Waals surface area contributed by atoms with Gasteiger partial charge in [-0.2, -0.15) is 0 Å². The van der Waals surface area contributed by atoms with Crippen molar-refractivity contribution in [3.63, 3.8) is 0 Å². The van der Waals surface area contributed by atoms with Crippen LogP contribution in [0.15, 0.2) is 35.7 Å². The Morgan fingerprint density at radius 1 is 1.26 bits per heavy atom. The average molecular weight is 407 g/mol. The van der Waals surface area contributed by atoms with Crippen LogP contribution in [0.25, 0.3) is 0 Å². The number of amides is 2. The van der Waals surface area contributed by atoms with Gasteiger partial charge in [0.05, 0.1) is 22.7 Å². The van der Waals surface area contributed by atoms with E-state index in [0.29, 0.717) is 34.1 Å². The van der Waals surface area contributed by atoms with Crippen LogP contribution in [-0.2, 0) is 9.53 Å². The molecule has 8 heteroatoms. The third kappa shape index (κ3) is 4.31. The summed E-state index contributed by atoms with van der Waals surface area (Å²) < 4.78 is 4.83. The summed E-state index contributed by atoms with van der Waals surface area (Å²) in [5.41, 5.74) is 0.712. The second-order valence-corrected chi connectivity index (χ2v) is 7.51. The van der Waals surface area contributed by atoms with Crippen LogP contribution in [-0.4, -0.2) is 42.4 Å². The van der Waals surface area contributed by atoms with Gasteiger partial charge < -0.3 is 15.0 Å². The van der Waals surface area contributed by atoms with E-state index >= 15 is 0 Å². The van der Waals surface area contributed by atoms with E-state index in [-0.39, 0.29) is 11.8 Å². The Bertz CT molecular complexity index is 853. The molecule has 2 amide bonds. The molecule has 1 saturated heterocycles. The molecule has 1 N–H and O–H groups in total. The molecule has 1 fully saturated rings. The number of benzene rings is 1. The van der Waals surface area contributed by atoms with Crippen molar-refractivity contribution in [1.29, 1.82) is 0 Å². The molecule has 27 heavy (non-hydrogen) atoms. The number of esters is 1. The highest BCUT2D eigenvalue weighted by Gasteiger charge is 2.33. The highest BCUT2D eigenvalue weighted by molar-refractivity contribution is 7.12. The summed E-state index contributed by atoms with van der Waals surface area (Å²) in [6.07, 6.45) is 2.27. The topological polar surface area (TPSA) is 75.7 Å². The lowest BCUT2D eigenvalue weighted by Crippen LogP contribution is -2.48. The maximum absolute atomic E-state index is 13.0. The van der Waals surface area contributed by atoms with Gasteiger partial charge in [-0.15, -0.1) is 11.3 Å². The summed E-state index contributed by atoms with van der Waals surface area (Å²) >= 11 is 7.50. The molecule has 1 unspecified atom stereocenters. The van der Waals surface area contributed by atoms with Crippen molar-refractivity contribution in [3.05, 3.63) is 51.2 Å². The normalized spacial score (nSPS) is 16.7. The molecule has 0 bridgehead atoms. The monoisotopic (exact) mass is 406 g/mol. The van der Waals surface area contributed by atoms with Gasteiger partial charge in [0, 0.05) is 12.1 Å². The number of piperidine rings is 1. The van der Waals surface area contributed by atoms with E-state index < -0.39 is 12.0 Å². The molecule has 1 aromatic heterocycles. The molecule has 6 nitrogen and oxygen atoms in total. The number of halogens is 1. The molecule has 1 atom stereocenters. The van der Waals surface area contributed by atoms with E-state index in [1.54, 1.807) is 35.7 Å². The number of anilines is 1. The van der Waals surface area contributed by atoms with Crippen molar-refractivity contribution in [2.45, 2.75) is 25.3 Å². The third-order valence-corrected chi connectivity index (χ3v) is 5.64. The van der Waals surface area contributed by atoms with Crippen LogP contribution >= 0.6 is 22.9 Å². The van der Waals surface area contributed by atoms with Crippen LogP contribution in [0.5, 0.6) is 0 Å². The first-order chi connectivity index (χ1) is 13.0. The van der Waals surface area contributed by atoms with Crippen molar-refractivity contribution in [1.82, 2.24) is 4.90 Å². The number of carbonyl (C=O) groups is 3. The van der Waals surface area contributed by atoms with E-state index in [2.05, 4.69) is 5.32 Å². The van der Waals surface area contributed by atoms with E-state index in [4.69, 9.17) is 16.3 Å². The maximum atomic E-state index is 13.0. The number of thiophene rings is 1. The summed E-state index contributed by atoms with van der Waals surface area (Å²) in [5.74, 6) is -0.987. The van der Waals surface area contributed by atoms with Crippen molar-refractivity contribution >= 4 is 46.4 Å². The van der Waals surface area contributed by atoms with E-state index in [1.807, 2.05) is 0 Å². The van der Waals surface area contributed by atoms with Crippen molar-refractivity contribution in [2.75, 3.05) is 19.0 Å². The molecule has 1 aliphatic rings. The first-order valence-electron chi connectivity index (χ1n) is 8.54. The Kier molecular flexibility index (Phi) is 6.13. The summed E-state index contributed by atoms with van der Waals surface area (Å²) in [7, 11) is 1.32. The van der Waals surface area contributed by atoms with Gasteiger partial charge in [0.25, 0.3) is 11.8 Å². The number of hydrogen-bond donors (Lipinski definition) is 1. The second kappa shape index (κ2) is 8.54. The van der Waals surface area contributed by atoms with Gasteiger partial charge >= 0.3 is 5.97 Å². The van der Waals surface area contributed by atoms with Gasteiger partial charge in [-0.05, 0) is 48.9 Å². The highest BCUT2D eigenvalue weighted by Crippen LogP contribution is 2.27. The third-order valence-electron chi connectivity index (χ3n) is 4.44. The molecule has 2 aromatic rings. The number of hydrogen-bond acceptors (Lipinski definition) is 5. The minimum atomic E-state index is -0.587. The lowest BCUT2D eigenvalue weighted by Gasteiger charge is -2.33. The van der Waals surface area contributed by atoms with Crippen molar-refractivity contribution in [2.24, 2.45) is 0 Å². The Morgan fingerprint density at radius 2 is 2.07 bits per heavy atom. The molecule has 0 radical (unpaired) electrons. The lowest BCUT2D eigenvalue weighted by atomic mass is 10.0. The lowest BCUT2D eigenvalue weighted by molar-refractivity contribution is -0.147. The number of carbonyl (C=O) groups excluding carboxylic acids is 3. The molecule has 0 saturated carbocycles. The van der Waals surface area contributed by atoms with Gasteiger partial charge in [0.15, 0.2) is 0 Å². The van der Waals surface area contributed by atoms with Gasteiger partial charge in [0.1, 0.15) is 6.04 Å². The van der Waals surface area contributed by atoms with E-state index in [1.165, 1.54) is 23.3 Å². The summed E-state index contributed by atoms with van der Waals surface area (Å²) in [6.45, 7) is 0.484. The fraction of sp³-hybridized carbons (Fsp3) is 0.316. The SMILES string of the molecule is COC(=O)C1CCCCN1C(=O)c1ccc(Cl)c(NC(=O)c2cccs2)c1. The number of likely N-dealkylation sites (tertiary alicyclic amines) is 1. The first-order valence-corrected chi connectivity index (χ1v) is 9.80. The molecule has 142 valence electrons. The van der Waals surface area contributed by atoms with Crippen molar-refractivity contribution in [3.8, 4) is 0 Å². The standard InChI is InChI=1S/C19H19ClN2O4S/c1-26-19(25)15-5-2-3-9-22(15)18(24)12-7-8-13(20)14(11-12)21-17(23)16-6-4-10-27-16/h4,6-8,10-11,15H,2-3,5,9H2,1H3,(H,21,23). The Balaban J connectivity index is 1.82. The maximum Gasteiger partial charge on any atom is 0.328 e. The summed E-state index contributed by atoms with van der Waals surface area (Å²) in [4.78, 5) is 39.3. The van der Waals surface area contributed by atoms with Gasteiger partial charge in [-0.3, -0.25) is 9.59 Å². The van der Waals surface area contributed by atoms with Crippen LogP contribution in [0.2, 0.25) is 5.02 Å². The Hall–Kier alpha value is -2.38. The fourth-order valence-electron chi connectivity index (χ4n) is 3.07. The van der Waals surface area contributed by atoms with Gasteiger partial charge in [-0.1, -0.05) is 17.7 Å². The second-order valence-electron chi connectivity index (χ2n) is 6.16. The summed E-state index contributed by atoms with van der Waals surface area (Å²) in [6, 6.07) is 7.60. The highest BCUT2D eigenvalue weighted by atomic mass is 35.5. The zero-order valence-electron chi connectivity index (χ0n) is 14.7. The van der Waals surface area contributed by atoms with Gasteiger partial charge in [0.2, 0.25) is 0 Å². The molecule has 0 spiro atoms. The van der Waals surface area contributed by atoms with Gasteiger partial charge in [-0.25, -0.2) is 4.79 Å². The largest absolute Gasteiger partial charge is 0.467 e. The van der Waals surface area contributed by atoms with Crippen LogP contribution in [0.1, 0.15) is 39.3 Å². The molecule has 2 heterocycles. The summed E-state index contributed by atoms with van der Waals surface area (Å²) in [5, 5.41) is 4.87. The molecule has 1 aliphatic heterocycles. The quantitative estimate of drug-likeness (QED) is 0.783. The number of nitrogens with zero attached hydrogens (tertiary/aromatic N) is 1. The zero-order valence-corrected chi connectivity index (χ0v) is 16.3. The zero-order chi connectivity index (χ0) is 19.4. The molecular weight excluding hydrogens is 388 g/mol. The molecular formula is C19H19ClN2O4S. The number of rotatable bonds is 4. The van der Waals surface area contributed by atoms with E-state index in [0.717, 1.165) is 12.8 Å². The fourth-order valence-corrected chi connectivity index (χ4v) is 3.85. The molecule has 0 aliphatic carbocycles. The average Bonchev–Trinajstić information content (AvgIpc) is 3.23. The van der Waals surface area contributed by atoms with Crippen LogP contribution < -0.4 is 5.32 Å². The first kappa shape index (κ1) is 19.4. The smallest absolute Gasteiger partial charge is 0.328 e. The van der Waals surface area contributed by atoms with Crippen LogP contribution in [0.3, 0.4) is 0 Å². The molecule has 3 rings (SSSR count). The minimum Gasteiger partial charge on any atom is -0.467 e. The number of ether oxygens (including phenoxy) is 1. The van der Waals surface area contributed by atoms with Crippen molar-refractivity contribution < 1.29 is 19.1 Å². The van der Waals surface area contributed by atoms with E-state index in [9.17, 15) is 14.4 Å². The van der Waals surface area contributed by atoms with Crippen LogP contribution in [0.4, 0.5) is 5.69 Å². The molecule has 1 aromatic carbocycles.